The number of carbonyl (C=O) groups is 2. The normalized spacial score (nSPS) is 15.9. The summed E-state index contributed by atoms with van der Waals surface area (Å²) in [6, 6.07) is 7.95. The number of piperidine rings is 1. The standard InChI is InChI=1S/C22H31N3O2/c1-3-4-7-12-23-22(27)17-10-13-25(14-11-17)15-20(26)21-16(2)24-19-9-6-5-8-18(19)21/h5-6,8-9,17,24H,3-4,7,10-15H2,1-2H3,(H,23,27). The van der Waals surface area contributed by atoms with Gasteiger partial charge in [-0.15, -0.1) is 0 Å². The molecule has 2 heterocycles. The molecule has 5 heteroatoms. The predicted molar refractivity (Wildman–Crippen MR) is 109 cm³/mol. The second kappa shape index (κ2) is 9.18. The van der Waals surface area contributed by atoms with Crippen LogP contribution in [0.4, 0.5) is 0 Å². The number of hydrogen-bond donors (Lipinski definition) is 2. The van der Waals surface area contributed by atoms with E-state index in [1.807, 2.05) is 31.2 Å². The van der Waals surface area contributed by atoms with Crippen molar-refractivity contribution in [2.24, 2.45) is 5.92 Å². The summed E-state index contributed by atoms with van der Waals surface area (Å²) in [5.74, 6) is 0.435. The molecule has 0 saturated carbocycles. The number of para-hydroxylation sites is 1. The van der Waals surface area contributed by atoms with Crippen LogP contribution in [0.1, 0.15) is 55.1 Å². The number of H-pyrrole nitrogens is 1. The van der Waals surface area contributed by atoms with Gasteiger partial charge >= 0.3 is 0 Å². The minimum atomic E-state index is 0.0906. The Hall–Kier alpha value is -2.14. The van der Waals surface area contributed by atoms with E-state index in [4.69, 9.17) is 0 Å². The fourth-order valence-corrected chi connectivity index (χ4v) is 4.00. The summed E-state index contributed by atoms with van der Waals surface area (Å²) in [6.45, 7) is 6.94. The third kappa shape index (κ3) is 4.78. The zero-order chi connectivity index (χ0) is 19.2. The van der Waals surface area contributed by atoms with E-state index in [9.17, 15) is 9.59 Å². The third-order valence-electron chi connectivity index (χ3n) is 5.58. The van der Waals surface area contributed by atoms with Crippen molar-refractivity contribution in [3.05, 3.63) is 35.5 Å². The molecule has 3 rings (SSSR count). The van der Waals surface area contributed by atoms with Crippen molar-refractivity contribution >= 4 is 22.6 Å². The molecule has 2 N–H and O–H groups in total. The van der Waals surface area contributed by atoms with Crippen LogP contribution in [-0.4, -0.2) is 47.8 Å². The molecule has 146 valence electrons. The van der Waals surface area contributed by atoms with Crippen molar-refractivity contribution in [2.45, 2.75) is 46.0 Å². The summed E-state index contributed by atoms with van der Waals surface area (Å²) in [6.07, 6.45) is 5.05. The summed E-state index contributed by atoms with van der Waals surface area (Å²) in [5, 5.41) is 4.07. The molecule has 0 aliphatic carbocycles. The second-order valence-electron chi connectivity index (χ2n) is 7.64. The number of ketones is 1. The van der Waals surface area contributed by atoms with Crippen molar-refractivity contribution in [1.29, 1.82) is 0 Å². The first-order chi connectivity index (χ1) is 13.1. The first-order valence-corrected chi connectivity index (χ1v) is 10.2. The molecule has 0 spiro atoms. The topological polar surface area (TPSA) is 65.2 Å². The van der Waals surface area contributed by atoms with E-state index in [0.29, 0.717) is 6.54 Å². The zero-order valence-corrected chi connectivity index (χ0v) is 16.5. The van der Waals surface area contributed by atoms with Gasteiger partial charge in [0.25, 0.3) is 0 Å². The van der Waals surface area contributed by atoms with Crippen molar-refractivity contribution in [3.8, 4) is 0 Å². The van der Waals surface area contributed by atoms with E-state index in [0.717, 1.165) is 73.9 Å². The van der Waals surface area contributed by atoms with Gasteiger partial charge in [-0.3, -0.25) is 14.5 Å². The number of aromatic nitrogens is 1. The average molecular weight is 370 g/mol. The molecular formula is C22H31N3O2. The van der Waals surface area contributed by atoms with Crippen molar-refractivity contribution < 1.29 is 9.59 Å². The van der Waals surface area contributed by atoms with Gasteiger partial charge in [0.05, 0.1) is 6.54 Å². The molecule has 1 saturated heterocycles. The molecule has 0 atom stereocenters. The lowest BCUT2D eigenvalue weighted by molar-refractivity contribution is -0.126. The smallest absolute Gasteiger partial charge is 0.223 e. The number of amides is 1. The van der Waals surface area contributed by atoms with Crippen molar-refractivity contribution in [3.63, 3.8) is 0 Å². The highest BCUT2D eigenvalue weighted by Crippen LogP contribution is 2.24. The number of rotatable bonds is 8. The molecule has 0 radical (unpaired) electrons. The monoisotopic (exact) mass is 369 g/mol. The van der Waals surface area contributed by atoms with E-state index in [1.165, 1.54) is 0 Å². The first-order valence-electron chi connectivity index (χ1n) is 10.2. The number of nitrogens with zero attached hydrogens (tertiary/aromatic N) is 1. The minimum absolute atomic E-state index is 0.0906. The van der Waals surface area contributed by atoms with E-state index in [-0.39, 0.29) is 17.6 Å². The Morgan fingerprint density at radius 1 is 1.19 bits per heavy atom. The van der Waals surface area contributed by atoms with Crippen LogP contribution in [0.15, 0.2) is 24.3 Å². The summed E-state index contributed by atoms with van der Waals surface area (Å²) < 4.78 is 0. The molecule has 1 aliphatic heterocycles. The van der Waals surface area contributed by atoms with Crippen molar-refractivity contribution in [1.82, 2.24) is 15.2 Å². The number of Topliss-reactive ketones (excluding diaryl/α,β-unsaturated/α-hetero) is 1. The van der Waals surface area contributed by atoms with Crippen LogP contribution in [0.3, 0.4) is 0 Å². The van der Waals surface area contributed by atoms with E-state index < -0.39 is 0 Å². The number of nitrogens with one attached hydrogen (secondary N) is 2. The van der Waals surface area contributed by atoms with Gasteiger partial charge in [0.1, 0.15) is 0 Å². The van der Waals surface area contributed by atoms with Crippen LogP contribution < -0.4 is 5.32 Å². The van der Waals surface area contributed by atoms with Gasteiger partial charge in [0, 0.05) is 34.6 Å². The lowest BCUT2D eigenvalue weighted by Gasteiger charge is -2.30. The molecule has 1 aromatic carbocycles. The van der Waals surface area contributed by atoms with Crippen LogP contribution in [0.5, 0.6) is 0 Å². The summed E-state index contributed by atoms with van der Waals surface area (Å²) in [4.78, 5) is 30.6. The van der Waals surface area contributed by atoms with Gasteiger partial charge in [-0.2, -0.15) is 0 Å². The number of likely N-dealkylation sites (tertiary alicyclic amines) is 1. The highest BCUT2D eigenvalue weighted by Gasteiger charge is 2.26. The average Bonchev–Trinajstić information content (AvgIpc) is 3.01. The Kier molecular flexibility index (Phi) is 6.67. The van der Waals surface area contributed by atoms with Crippen LogP contribution >= 0.6 is 0 Å². The lowest BCUT2D eigenvalue weighted by Crippen LogP contribution is -2.42. The summed E-state index contributed by atoms with van der Waals surface area (Å²) in [5.41, 5.74) is 2.75. The Bertz CT molecular complexity index is 788. The summed E-state index contributed by atoms with van der Waals surface area (Å²) in [7, 11) is 0. The van der Waals surface area contributed by atoms with Gasteiger partial charge in [-0.05, 0) is 45.3 Å². The molecule has 27 heavy (non-hydrogen) atoms. The molecule has 1 aliphatic rings. The molecule has 0 unspecified atom stereocenters. The highest BCUT2D eigenvalue weighted by molar-refractivity contribution is 6.10. The summed E-state index contributed by atoms with van der Waals surface area (Å²) >= 11 is 0. The maximum atomic E-state index is 12.9. The van der Waals surface area contributed by atoms with Gasteiger partial charge < -0.3 is 10.3 Å². The van der Waals surface area contributed by atoms with Gasteiger partial charge in [-0.1, -0.05) is 38.0 Å². The van der Waals surface area contributed by atoms with Crippen LogP contribution in [0.2, 0.25) is 0 Å². The number of aryl methyl sites for hydroxylation is 1. The molecule has 0 bridgehead atoms. The maximum absolute atomic E-state index is 12.9. The third-order valence-corrected chi connectivity index (χ3v) is 5.58. The van der Waals surface area contributed by atoms with E-state index in [2.05, 4.69) is 22.1 Å². The number of unbranched alkanes of at least 4 members (excludes halogenated alkanes) is 2. The zero-order valence-electron chi connectivity index (χ0n) is 16.5. The number of fused-ring (bicyclic) bond motifs is 1. The second-order valence-corrected chi connectivity index (χ2v) is 7.64. The SMILES string of the molecule is CCCCCNC(=O)C1CCN(CC(=O)c2c(C)[nH]c3ccccc23)CC1. The number of hydrogen-bond acceptors (Lipinski definition) is 3. The van der Waals surface area contributed by atoms with Crippen LogP contribution in [-0.2, 0) is 4.79 Å². The highest BCUT2D eigenvalue weighted by atomic mass is 16.2. The largest absolute Gasteiger partial charge is 0.358 e. The minimum Gasteiger partial charge on any atom is -0.358 e. The van der Waals surface area contributed by atoms with Crippen molar-refractivity contribution in [2.75, 3.05) is 26.2 Å². The molecule has 1 fully saturated rings. The number of benzene rings is 1. The Balaban J connectivity index is 1.51. The Morgan fingerprint density at radius 2 is 1.93 bits per heavy atom. The molecule has 5 nitrogen and oxygen atoms in total. The number of aromatic amines is 1. The first kappa shape index (κ1) is 19.6. The van der Waals surface area contributed by atoms with Gasteiger partial charge in [-0.25, -0.2) is 0 Å². The Morgan fingerprint density at radius 3 is 2.67 bits per heavy atom. The molecular weight excluding hydrogens is 338 g/mol. The molecule has 1 aromatic heterocycles. The fourth-order valence-electron chi connectivity index (χ4n) is 4.00. The van der Waals surface area contributed by atoms with E-state index in [1.54, 1.807) is 0 Å². The van der Waals surface area contributed by atoms with Crippen LogP contribution in [0.25, 0.3) is 10.9 Å². The van der Waals surface area contributed by atoms with E-state index >= 15 is 0 Å². The molecule has 1 amide bonds. The quantitative estimate of drug-likeness (QED) is 0.551. The predicted octanol–water partition coefficient (Wildman–Crippen LogP) is 3.68. The fraction of sp³-hybridized carbons (Fsp3) is 0.545. The lowest BCUT2D eigenvalue weighted by atomic mass is 9.95. The van der Waals surface area contributed by atoms with Gasteiger partial charge in [0.2, 0.25) is 5.91 Å². The molecule has 2 aromatic rings. The number of carbonyl (C=O) groups excluding carboxylic acids is 2. The van der Waals surface area contributed by atoms with Gasteiger partial charge in [0.15, 0.2) is 5.78 Å². The Labute approximate surface area is 161 Å². The maximum Gasteiger partial charge on any atom is 0.223 e. The van der Waals surface area contributed by atoms with Crippen LogP contribution in [0, 0.1) is 12.8 Å².